The summed E-state index contributed by atoms with van der Waals surface area (Å²) < 4.78 is 0. The second-order valence-corrected chi connectivity index (χ2v) is 6.59. The molecule has 0 atom stereocenters. The highest BCUT2D eigenvalue weighted by Gasteiger charge is 2.20. The molecule has 2 heterocycles. The van der Waals surface area contributed by atoms with Crippen LogP contribution in [0.3, 0.4) is 0 Å². The maximum atomic E-state index is 12.1. The lowest BCUT2D eigenvalue weighted by atomic mass is 9.99. The molecule has 1 amide bonds. The first-order chi connectivity index (χ1) is 8.56. The van der Waals surface area contributed by atoms with Crippen LogP contribution in [-0.4, -0.2) is 28.9 Å². The molecule has 18 heavy (non-hydrogen) atoms. The van der Waals surface area contributed by atoms with Crippen molar-refractivity contribution in [3.63, 3.8) is 0 Å². The zero-order valence-electron chi connectivity index (χ0n) is 11.5. The van der Waals surface area contributed by atoms with E-state index in [4.69, 9.17) is 0 Å². The van der Waals surface area contributed by atoms with Gasteiger partial charge < -0.3 is 4.90 Å². The first-order valence-electron chi connectivity index (χ1n) is 6.77. The van der Waals surface area contributed by atoms with Gasteiger partial charge in [0.15, 0.2) is 0 Å². The van der Waals surface area contributed by atoms with E-state index >= 15 is 0 Å². The van der Waals surface area contributed by atoms with Crippen molar-refractivity contribution in [2.75, 3.05) is 13.1 Å². The van der Waals surface area contributed by atoms with Gasteiger partial charge in [-0.15, -0.1) is 11.3 Å². The van der Waals surface area contributed by atoms with Crippen molar-refractivity contribution in [3.8, 4) is 0 Å². The highest BCUT2D eigenvalue weighted by Crippen LogP contribution is 2.21. The SMILES string of the molecule is Cc1nc(C)c(CCC(=O)N2CCC(C)CC2)s1. The van der Waals surface area contributed by atoms with Gasteiger partial charge in [-0.25, -0.2) is 4.98 Å². The molecule has 4 heteroatoms. The number of aryl methyl sites for hydroxylation is 3. The van der Waals surface area contributed by atoms with E-state index in [0.717, 1.165) is 49.0 Å². The van der Waals surface area contributed by atoms with Gasteiger partial charge in [0.2, 0.25) is 5.91 Å². The largest absolute Gasteiger partial charge is 0.343 e. The number of piperidine rings is 1. The molecule has 2 rings (SSSR count). The quantitative estimate of drug-likeness (QED) is 0.842. The highest BCUT2D eigenvalue weighted by molar-refractivity contribution is 7.11. The van der Waals surface area contributed by atoms with E-state index in [1.165, 1.54) is 4.88 Å². The third kappa shape index (κ3) is 3.31. The highest BCUT2D eigenvalue weighted by atomic mass is 32.1. The molecular formula is C14H22N2OS. The fraction of sp³-hybridized carbons (Fsp3) is 0.714. The molecule has 0 saturated carbocycles. The van der Waals surface area contributed by atoms with Crippen molar-refractivity contribution in [1.82, 2.24) is 9.88 Å². The Balaban J connectivity index is 1.83. The first kappa shape index (κ1) is 13.5. The minimum atomic E-state index is 0.312. The van der Waals surface area contributed by atoms with Crippen LogP contribution in [0.5, 0.6) is 0 Å². The summed E-state index contributed by atoms with van der Waals surface area (Å²) in [5.41, 5.74) is 1.09. The summed E-state index contributed by atoms with van der Waals surface area (Å²) in [6.45, 7) is 8.22. The van der Waals surface area contributed by atoms with Crippen molar-refractivity contribution >= 4 is 17.2 Å². The number of aromatic nitrogens is 1. The predicted molar refractivity (Wildman–Crippen MR) is 74.9 cm³/mol. The molecule has 1 aliphatic heterocycles. The van der Waals surface area contributed by atoms with E-state index in [1.54, 1.807) is 11.3 Å². The second-order valence-electron chi connectivity index (χ2n) is 5.30. The lowest BCUT2D eigenvalue weighted by Crippen LogP contribution is -2.37. The number of carbonyl (C=O) groups excluding carboxylic acids is 1. The van der Waals surface area contributed by atoms with Crippen molar-refractivity contribution in [2.45, 2.75) is 46.5 Å². The van der Waals surface area contributed by atoms with Gasteiger partial charge in [-0.05, 0) is 39.0 Å². The molecule has 1 aliphatic rings. The Bertz CT molecular complexity index is 419. The Hall–Kier alpha value is -0.900. The van der Waals surface area contributed by atoms with E-state index in [1.807, 2.05) is 18.7 Å². The Morgan fingerprint density at radius 2 is 2.06 bits per heavy atom. The monoisotopic (exact) mass is 266 g/mol. The Kier molecular flexibility index (Phi) is 4.38. The second kappa shape index (κ2) is 5.83. The van der Waals surface area contributed by atoms with Gasteiger partial charge >= 0.3 is 0 Å². The van der Waals surface area contributed by atoms with Crippen LogP contribution in [0.4, 0.5) is 0 Å². The van der Waals surface area contributed by atoms with Crippen LogP contribution in [0.1, 0.15) is 41.8 Å². The van der Waals surface area contributed by atoms with Crippen LogP contribution in [0.2, 0.25) is 0 Å². The summed E-state index contributed by atoms with van der Waals surface area (Å²) in [7, 11) is 0. The summed E-state index contributed by atoms with van der Waals surface area (Å²) in [5, 5.41) is 1.10. The number of thiazole rings is 1. The first-order valence-corrected chi connectivity index (χ1v) is 7.58. The Morgan fingerprint density at radius 3 is 2.61 bits per heavy atom. The van der Waals surface area contributed by atoms with Crippen LogP contribution >= 0.6 is 11.3 Å². The smallest absolute Gasteiger partial charge is 0.222 e. The van der Waals surface area contributed by atoms with Crippen LogP contribution in [-0.2, 0) is 11.2 Å². The van der Waals surface area contributed by atoms with Gasteiger partial charge in [0.25, 0.3) is 0 Å². The van der Waals surface area contributed by atoms with Crippen molar-refractivity contribution in [2.24, 2.45) is 5.92 Å². The topological polar surface area (TPSA) is 33.2 Å². The maximum Gasteiger partial charge on any atom is 0.222 e. The average Bonchev–Trinajstić information content (AvgIpc) is 2.66. The number of likely N-dealkylation sites (tertiary alicyclic amines) is 1. The molecule has 0 N–H and O–H groups in total. The molecule has 0 bridgehead atoms. The average molecular weight is 266 g/mol. The molecule has 0 aliphatic carbocycles. The van der Waals surface area contributed by atoms with E-state index < -0.39 is 0 Å². The van der Waals surface area contributed by atoms with Gasteiger partial charge in [0.05, 0.1) is 10.7 Å². The van der Waals surface area contributed by atoms with Crippen molar-refractivity contribution in [3.05, 3.63) is 15.6 Å². The molecule has 0 spiro atoms. The fourth-order valence-electron chi connectivity index (χ4n) is 2.44. The van der Waals surface area contributed by atoms with E-state index in [9.17, 15) is 4.79 Å². The minimum absolute atomic E-state index is 0.312. The molecule has 1 saturated heterocycles. The lowest BCUT2D eigenvalue weighted by molar-refractivity contribution is -0.132. The third-order valence-electron chi connectivity index (χ3n) is 3.70. The van der Waals surface area contributed by atoms with Crippen molar-refractivity contribution < 1.29 is 4.79 Å². The number of carbonyl (C=O) groups is 1. The molecule has 1 aromatic heterocycles. The molecule has 1 fully saturated rings. The van der Waals surface area contributed by atoms with Gasteiger partial charge in [0, 0.05) is 24.4 Å². The van der Waals surface area contributed by atoms with Gasteiger partial charge in [-0.2, -0.15) is 0 Å². The predicted octanol–water partition coefficient (Wildman–Crippen LogP) is 2.95. The van der Waals surface area contributed by atoms with Gasteiger partial charge in [-0.1, -0.05) is 6.92 Å². The van der Waals surface area contributed by atoms with Crippen LogP contribution in [0.15, 0.2) is 0 Å². The molecular weight excluding hydrogens is 244 g/mol. The van der Waals surface area contributed by atoms with Crippen LogP contribution in [0.25, 0.3) is 0 Å². The third-order valence-corrected chi connectivity index (χ3v) is 4.83. The lowest BCUT2D eigenvalue weighted by Gasteiger charge is -2.30. The standard InChI is InChI=1S/C14H22N2OS/c1-10-6-8-16(9-7-10)14(17)5-4-13-11(2)15-12(3)18-13/h10H,4-9H2,1-3H3. The maximum absolute atomic E-state index is 12.1. The molecule has 0 aromatic carbocycles. The van der Waals surface area contributed by atoms with E-state index in [0.29, 0.717) is 12.3 Å². The summed E-state index contributed by atoms with van der Waals surface area (Å²) >= 11 is 1.72. The number of hydrogen-bond acceptors (Lipinski definition) is 3. The summed E-state index contributed by atoms with van der Waals surface area (Å²) in [6.07, 6.45) is 3.80. The normalized spacial score (nSPS) is 17.2. The van der Waals surface area contributed by atoms with Gasteiger partial charge in [-0.3, -0.25) is 4.79 Å². The minimum Gasteiger partial charge on any atom is -0.343 e. The number of nitrogens with zero attached hydrogens (tertiary/aromatic N) is 2. The van der Waals surface area contributed by atoms with Crippen molar-refractivity contribution in [1.29, 1.82) is 0 Å². The number of amides is 1. The molecule has 0 unspecified atom stereocenters. The Morgan fingerprint density at radius 1 is 1.39 bits per heavy atom. The van der Waals surface area contributed by atoms with Crippen LogP contribution in [0, 0.1) is 19.8 Å². The number of rotatable bonds is 3. The summed E-state index contributed by atoms with van der Waals surface area (Å²) in [4.78, 5) is 19.8. The van der Waals surface area contributed by atoms with E-state index in [2.05, 4.69) is 11.9 Å². The van der Waals surface area contributed by atoms with Gasteiger partial charge in [0.1, 0.15) is 0 Å². The zero-order valence-corrected chi connectivity index (χ0v) is 12.3. The Labute approximate surface area is 113 Å². The fourth-order valence-corrected chi connectivity index (χ4v) is 3.38. The number of hydrogen-bond donors (Lipinski definition) is 0. The summed E-state index contributed by atoms with van der Waals surface area (Å²) in [5.74, 6) is 1.09. The zero-order chi connectivity index (χ0) is 13.1. The molecule has 3 nitrogen and oxygen atoms in total. The molecule has 100 valence electrons. The van der Waals surface area contributed by atoms with E-state index in [-0.39, 0.29) is 0 Å². The molecule has 1 aromatic rings. The summed E-state index contributed by atoms with van der Waals surface area (Å²) in [6, 6.07) is 0. The molecule has 0 radical (unpaired) electrons. The van der Waals surface area contributed by atoms with Crippen LogP contribution < -0.4 is 0 Å².